The number of carbonyl (C=O) groups excluding carboxylic acids is 1. The molecule has 5 nitrogen and oxygen atoms in total. The monoisotopic (exact) mass is 249 g/mol. The number of aromatic carboxylic acids is 1. The van der Waals surface area contributed by atoms with Gasteiger partial charge < -0.3 is 15.2 Å². The quantitative estimate of drug-likeness (QED) is 0.857. The van der Waals surface area contributed by atoms with Crippen LogP contribution in [0.1, 0.15) is 29.6 Å². The molecule has 18 heavy (non-hydrogen) atoms. The molecular weight excluding hydrogens is 234 g/mol. The van der Waals surface area contributed by atoms with E-state index in [9.17, 15) is 9.59 Å². The van der Waals surface area contributed by atoms with Gasteiger partial charge in [0.1, 0.15) is 6.10 Å². The summed E-state index contributed by atoms with van der Waals surface area (Å²) in [4.78, 5) is 22.5. The summed E-state index contributed by atoms with van der Waals surface area (Å²) in [7, 11) is 0. The Kier molecular flexibility index (Phi) is 3.94. The Hall–Kier alpha value is -1.88. The van der Waals surface area contributed by atoms with Crippen molar-refractivity contribution in [3.63, 3.8) is 0 Å². The summed E-state index contributed by atoms with van der Waals surface area (Å²) in [6.07, 6.45) is 2.34. The Morgan fingerprint density at radius 3 is 2.50 bits per heavy atom. The summed E-state index contributed by atoms with van der Waals surface area (Å²) < 4.78 is 5.37. The standard InChI is InChI=1S/C13H15NO4/c15-12(11-3-1-2-8-18-11)14-10-6-4-9(5-7-10)13(16)17/h4-7,11H,1-3,8H2,(H,14,15)(H,16,17)/t11-/m1/s1. The average molecular weight is 249 g/mol. The zero-order valence-electron chi connectivity index (χ0n) is 9.89. The van der Waals surface area contributed by atoms with Gasteiger partial charge in [-0.1, -0.05) is 0 Å². The minimum atomic E-state index is -0.983. The number of rotatable bonds is 3. The van der Waals surface area contributed by atoms with Crippen LogP contribution in [0.4, 0.5) is 5.69 Å². The third-order valence-electron chi connectivity index (χ3n) is 2.87. The molecule has 1 aliphatic rings. The van der Waals surface area contributed by atoms with Crippen LogP contribution in [0.3, 0.4) is 0 Å². The van der Waals surface area contributed by atoms with Gasteiger partial charge in [0.15, 0.2) is 0 Å². The molecule has 1 atom stereocenters. The molecule has 1 amide bonds. The van der Waals surface area contributed by atoms with Crippen molar-refractivity contribution in [2.24, 2.45) is 0 Å². The van der Waals surface area contributed by atoms with Gasteiger partial charge in [0.05, 0.1) is 5.56 Å². The molecule has 0 saturated carbocycles. The van der Waals surface area contributed by atoms with Gasteiger partial charge in [-0.25, -0.2) is 4.79 Å². The molecule has 2 rings (SSSR count). The number of carboxylic acids is 1. The number of hydrogen-bond donors (Lipinski definition) is 2. The van der Waals surface area contributed by atoms with Crippen LogP contribution in [0.5, 0.6) is 0 Å². The Morgan fingerprint density at radius 1 is 1.22 bits per heavy atom. The minimum Gasteiger partial charge on any atom is -0.478 e. The van der Waals surface area contributed by atoms with Crippen LogP contribution < -0.4 is 5.32 Å². The Morgan fingerprint density at radius 2 is 1.94 bits per heavy atom. The van der Waals surface area contributed by atoms with Crippen molar-refractivity contribution in [3.05, 3.63) is 29.8 Å². The lowest BCUT2D eigenvalue weighted by atomic mass is 10.1. The third kappa shape index (κ3) is 3.07. The first-order valence-corrected chi connectivity index (χ1v) is 5.92. The van der Waals surface area contributed by atoms with E-state index in [0.717, 1.165) is 19.3 Å². The number of carbonyl (C=O) groups is 2. The molecule has 0 radical (unpaired) electrons. The van der Waals surface area contributed by atoms with Crippen molar-refractivity contribution in [2.45, 2.75) is 25.4 Å². The molecule has 1 aromatic rings. The van der Waals surface area contributed by atoms with E-state index >= 15 is 0 Å². The molecule has 1 heterocycles. The molecule has 0 unspecified atom stereocenters. The van der Waals surface area contributed by atoms with Crippen LogP contribution in [-0.2, 0) is 9.53 Å². The average Bonchev–Trinajstić information content (AvgIpc) is 2.40. The Labute approximate surface area is 105 Å². The molecule has 1 saturated heterocycles. The highest BCUT2D eigenvalue weighted by molar-refractivity contribution is 5.95. The number of carboxylic acid groups (broad SMARTS) is 1. The highest BCUT2D eigenvalue weighted by Crippen LogP contribution is 2.16. The number of amides is 1. The molecule has 1 aromatic carbocycles. The number of ether oxygens (including phenoxy) is 1. The lowest BCUT2D eigenvalue weighted by Crippen LogP contribution is -2.33. The van der Waals surface area contributed by atoms with Gasteiger partial charge in [0.2, 0.25) is 0 Å². The second-order valence-electron chi connectivity index (χ2n) is 4.23. The smallest absolute Gasteiger partial charge is 0.335 e. The van der Waals surface area contributed by atoms with Crippen LogP contribution in [0.2, 0.25) is 0 Å². The molecule has 0 bridgehead atoms. The molecule has 0 aromatic heterocycles. The number of hydrogen-bond acceptors (Lipinski definition) is 3. The van der Waals surface area contributed by atoms with Crippen molar-refractivity contribution in [2.75, 3.05) is 11.9 Å². The van der Waals surface area contributed by atoms with Crippen LogP contribution >= 0.6 is 0 Å². The fourth-order valence-corrected chi connectivity index (χ4v) is 1.87. The van der Waals surface area contributed by atoms with Crippen molar-refractivity contribution in [1.29, 1.82) is 0 Å². The molecule has 0 aliphatic carbocycles. The molecule has 2 N–H and O–H groups in total. The van der Waals surface area contributed by atoms with Gasteiger partial charge in [-0.2, -0.15) is 0 Å². The largest absolute Gasteiger partial charge is 0.478 e. The third-order valence-corrected chi connectivity index (χ3v) is 2.87. The SMILES string of the molecule is O=C(O)c1ccc(NC(=O)[C@H]2CCCCO2)cc1. The van der Waals surface area contributed by atoms with Crippen molar-refractivity contribution < 1.29 is 19.4 Å². The lowest BCUT2D eigenvalue weighted by Gasteiger charge is -2.21. The zero-order valence-corrected chi connectivity index (χ0v) is 9.89. The van der Waals surface area contributed by atoms with Crippen molar-refractivity contribution in [3.8, 4) is 0 Å². The maximum Gasteiger partial charge on any atom is 0.335 e. The second-order valence-corrected chi connectivity index (χ2v) is 4.23. The Bertz CT molecular complexity index is 435. The minimum absolute atomic E-state index is 0.169. The maximum absolute atomic E-state index is 11.8. The van der Waals surface area contributed by atoms with Gasteiger partial charge in [-0.05, 0) is 43.5 Å². The summed E-state index contributed by atoms with van der Waals surface area (Å²) in [5, 5.41) is 11.5. The molecule has 1 fully saturated rings. The summed E-state index contributed by atoms with van der Waals surface area (Å²) in [6.45, 7) is 0.621. The van der Waals surface area contributed by atoms with E-state index in [4.69, 9.17) is 9.84 Å². The second kappa shape index (κ2) is 5.64. The van der Waals surface area contributed by atoms with Gasteiger partial charge in [-0.15, -0.1) is 0 Å². The molecule has 0 spiro atoms. The maximum atomic E-state index is 11.8. The number of benzene rings is 1. The first kappa shape index (κ1) is 12.6. The Balaban J connectivity index is 1.96. The van der Waals surface area contributed by atoms with Crippen LogP contribution in [-0.4, -0.2) is 29.7 Å². The molecule has 96 valence electrons. The van der Waals surface area contributed by atoms with Gasteiger partial charge in [0.25, 0.3) is 5.91 Å². The van der Waals surface area contributed by atoms with E-state index in [1.165, 1.54) is 12.1 Å². The van der Waals surface area contributed by atoms with E-state index in [1.807, 2.05) is 0 Å². The number of anilines is 1. The van der Waals surface area contributed by atoms with Gasteiger partial charge >= 0.3 is 5.97 Å². The zero-order chi connectivity index (χ0) is 13.0. The lowest BCUT2D eigenvalue weighted by molar-refractivity contribution is -0.129. The normalized spacial score (nSPS) is 19.2. The van der Waals surface area contributed by atoms with Crippen molar-refractivity contribution in [1.82, 2.24) is 0 Å². The highest BCUT2D eigenvalue weighted by Gasteiger charge is 2.21. The fourth-order valence-electron chi connectivity index (χ4n) is 1.87. The summed E-state index contributed by atoms with van der Waals surface area (Å²) in [6, 6.07) is 6.06. The van der Waals surface area contributed by atoms with Crippen molar-refractivity contribution >= 4 is 17.6 Å². The molecular formula is C13H15NO4. The fraction of sp³-hybridized carbons (Fsp3) is 0.385. The van der Waals surface area contributed by atoms with E-state index in [-0.39, 0.29) is 11.5 Å². The van der Waals surface area contributed by atoms with Gasteiger partial charge in [0, 0.05) is 12.3 Å². The molecule has 1 aliphatic heterocycles. The first-order chi connectivity index (χ1) is 8.66. The van der Waals surface area contributed by atoms with E-state index in [2.05, 4.69) is 5.32 Å². The van der Waals surface area contributed by atoms with E-state index in [0.29, 0.717) is 12.3 Å². The van der Waals surface area contributed by atoms with E-state index in [1.54, 1.807) is 12.1 Å². The first-order valence-electron chi connectivity index (χ1n) is 5.92. The van der Waals surface area contributed by atoms with Gasteiger partial charge in [-0.3, -0.25) is 4.79 Å². The summed E-state index contributed by atoms with van der Waals surface area (Å²) in [5.41, 5.74) is 0.779. The molecule has 5 heteroatoms. The highest BCUT2D eigenvalue weighted by atomic mass is 16.5. The van der Waals surface area contributed by atoms with E-state index < -0.39 is 12.1 Å². The predicted molar refractivity (Wildman–Crippen MR) is 65.6 cm³/mol. The number of nitrogens with one attached hydrogen (secondary N) is 1. The van der Waals surface area contributed by atoms with Crippen LogP contribution in [0.15, 0.2) is 24.3 Å². The van der Waals surface area contributed by atoms with Crippen LogP contribution in [0, 0.1) is 0 Å². The topological polar surface area (TPSA) is 75.6 Å². The predicted octanol–water partition coefficient (Wildman–Crippen LogP) is 1.89. The van der Waals surface area contributed by atoms with Crippen LogP contribution in [0.25, 0.3) is 0 Å². The summed E-state index contributed by atoms with van der Waals surface area (Å²) >= 11 is 0. The summed E-state index contributed by atoms with van der Waals surface area (Å²) in [5.74, 6) is -1.15.